The first-order chi connectivity index (χ1) is 11.3. The van der Waals surface area contributed by atoms with Crippen LogP contribution in [0.2, 0.25) is 0 Å². The van der Waals surface area contributed by atoms with Crippen molar-refractivity contribution in [2.24, 2.45) is 5.16 Å². The van der Waals surface area contributed by atoms with Gasteiger partial charge in [-0.15, -0.1) is 0 Å². The van der Waals surface area contributed by atoms with Gasteiger partial charge in [-0.25, -0.2) is 5.06 Å². The van der Waals surface area contributed by atoms with Gasteiger partial charge in [-0.1, -0.05) is 65.8 Å². The molecule has 2 aromatic rings. The summed E-state index contributed by atoms with van der Waals surface area (Å²) in [5, 5.41) is 5.30. The van der Waals surface area contributed by atoms with Crippen molar-refractivity contribution in [1.82, 2.24) is 5.06 Å². The summed E-state index contributed by atoms with van der Waals surface area (Å²) >= 11 is 0. The van der Waals surface area contributed by atoms with Crippen molar-refractivity contribution in [3.63, 3.8) is 0 Å². The Kier molecular flexibility index (Phi) is 5.01. The lowest BCUT2D eigenvalue weighted by atomic mass is 10.2. The molecule has 1 amide bonds. The van der Waals surface area contributed by atoms with Crippen LogP contribution in [0, 0.1) is 0 Å². The lowest BCUT2D eigenvalue weighted by molar-refractivity contribution is -0.178. The van der Waals surface area contributed by atoms with Gasteiger partial charge in [-0.2, -0.15) is 0 Å². The number of amides is 1. The molecule has 0 N–H and O–H groups in total. The smallest absolute Gasteiger partial charge is 0.295 e. The molecule has 0 aliphatic carbocycles. The molecule has 0 atom stereocenters. The molecule has 1 aliphatic rings. The Hall–Kier alpha value is -2.66. The molecule has 1 heterocycles. The predicted octanol–water partition coefficient (Wildman–Crippen LogP) is 2.92. The molecule has 0 aromatic heterocycles. The Labute approximate surface area is 135 Å². The van der Waals surface area contributed by atoms with Crippen LogP contribution in [-0.2, 0) is 27.7 Å². The third-order valence-electron chi connectivity index (χ3n) is 3.50. The minimum absolute atomic E-state index is 0.228. The number of oxime groups is 1. The van der Waals surface area contributed by atoms with E-state index in [0.29, 0.717) is 31.9 Å². The molecular weight excluding hydrogens is 292 g/mol. The highest BCUT2D eigenvalue weighted by Crippen LogP contribution is 2.12. The third kappa shape index (κ3) is 4.17. The average molecular weight is 310 g/mol. The molecule has 2 aromatic carbocycles. The minimum atomic E-state index is -0.228. The van der Waals surface area contributed by atoms with Crippen molar-refractivity contribution in [2.45, 2.75) is 19.6 Å². The Morgan fingerprint density at radius 1 is 0.913 bits per heavy atom. The fourth-order valence-electron chi connectivity index (χ4n) is 2.25. The van der Waals surface area contributed by atoms with Crippen LogP contribution in [0.15, 0.2) is 65.8 Å². The molecular formula is C18H18N2O3. The van der Waals surface area contributed by atoms with Crippen molar-refractivity contribution >= 4 is 11.6 Å². The van der Waals surface area contributed by atoms with Crippen LogP contribution in [0.4, 0.5) is 0 Å². The van der Waals surface area contributed by atoms with E-state index in [9.17, 15) is 4.79 Å². The van der Waals surface area contributed by atoms with Crippen LogP contribution in [-0.4, -0.2) is 23.2 Å². The number of rotatable bonds is 6. The quantitative estimate of drug-likeness (QED) is 0.771. The fraction of sp³-hybridized carbons (Fsp3) is 0.222. The highest BCUT2D eigenvalue weighted by Gasteiger charge is 2.29. The van der Waals surface area contributed by atoms with E-state index in [2.05, 4.69) is 5.16 Å². The van der Waals surface area contributed by atoms with Crippen LogP contribution in [0.25, 0.3) is 0 Å². The zero-order chi connectivity index (χ0) is 15.9. The molecule has 1 fully saturated rings. The second-order valence-electron chi connectivity index (χ2n) is 5.21. The molecule has 0 radical (unpaired) electrons. The number of hydroxylamine groups is 2. The van der Waals surface area contributed by atoms with Gasteiger partial charge in [-0.05, 0) is 11.1 Å². The summed E-state index contributed by atoms with van der Waals surface area (Å²) in [5.74, 6) is -0.228. The molecule has 0 saturated carbocycles. The van der Waals surface area contributed by atoms with Gasteiger partial charge >= 0.3 is 0 Å². The molecule has 1 aliphatic heterocycles. The van der Waals surface area contributed by atoms with Crippen LogP contribution >= 0.6 is 0 Å². The standard InChI is InChI=1S/C18H18N2O3/c21-18-17(19-22-13-15-7-3-1-4-8-15)11-12-20(18)23-14-16-9-5-2-6-10-16/h1-10H,11-14H2. The summed E-state index contributed by atoms with van der Waals surface area (Å²) in [4.78, 5) is 23.0. The average Bonchev–Trinajstić information content (AvgIpc) is 2.95. The first-order valence-corrected chi connectivity index (χ1v) is 7.54. The number of benzene rings is 2. The van der Waals surface area contributed by atoms with Crippen molar-refractivity contribution in [3.8, 4) is 0 Å². The van der Waals surface area contributed by atoms with Crippen LogP contribution in [0.3, 0.4) is 0 Å². The summed E-state index contributed by atoms with van der Waals surface area (Å²) in [5.41, 5.74) is 2.43. The van der Waals surface area contributed by atoms with E-state index in [1.54, 1.807) is 0 Å². The lowest BCUT2D eigenvalue weighted by Crippen LogP contribution is -2.27. The maximum Gasteiger partial charge on any atom is 0.295 e. The summed E-state index contributed by atoms with van der Waals surface area (Å²) in [6, 6.07) is 19.5. The highest BCUT2D eigenvalue weighted by molar-refractivity contribution is 6.40. The molecule has 0 bridgehead atoms. The van der Waals surface area contributed by atoms with Gasteiger partial charge in [0, 0.05) is 6.42 Å². The molecule has 5 heteroatoms. The van der Waals surface area contributed by atoms with Gasteiger partial charge in [0.25, 0.3) is 5.91 Å². The summed E-state index contributed by atoms with van der Waals surface area (Å²) in [6.07, 6.45) is 0.530. The molecule has 3 rings (SSSR count). The second kappa shape index (κ2) is 7.56. The van der Waals surface area contributed by atoms with E-state index in [1.807, 2.05) is 60.7 Å². The number of hydrogen-bond acceptors (Lipinski definition) is 4. The lowest BCUT2D eigenvalue weighted by Gasteiger charge is -2.14. The number of carbonyl (C=O) groups excluding carboxylic acids is 1. The van der Waals surface area contributed by atoms with Crippen molar-refractivity contribution in [1.29, 1.82) is 0 Å². The first kappa shape index (κ1) is 15.2. The Bertz CT molecular complexity index is 671. The molecule has 1 saturated heterocycles. The molecule has 0 unspecified atom stereocenters. The summed E-state index contributed by atoms with van der Waals surface area (Å²) in [6.45, 7) is 1.21. The molecule has 5 nitrogen and oxygen atoms in total. The summed E-state index contributed by atoms with van der Waals surface area (Å²) < 4.78 is 0. The zero-order valence-electron chi connectivity index (χ0n) is 12.7. The summed E-state index contributed by atoms with van der Waals surface area (Å²) in [7, 11) is 0. The normalized spacial score (nSPS) is 16.1. The largest absolute Gasteiger partial charge is 0.391 e. The predicted molar refractivity (Wildman–Crippen MR) is 86.2 cm³/mol. The Morgan fingerprint density at radius 3 is 2.17 bits per heavy atom. The fourth-order valence-corrected chi connectivity index (χ4v) is 2.25. The number of carbonyl (C=O) groups is 1. The maximum absolute atomic E-state index is 12.2. The van der Waals surface area contributed by atoms with Crippen LogP contribution in [0.1, 0.15) is 17.5 Å². The molecule has 0 spiro atoms. The van der Waals surface area contributed by atoms with E-state index < -0.39 is 0 Å². The van der Waals surface area contributed by atoms with Crippen molar-refractivity contribution in [3.05, 3.63) is 71.8 Å². The molecule has 118 valence electrons. The Balaban J connectivity index is 1.49. The van der Waals surface area contributed by atoms with Gasteiger partial charge in [0.2, 0.25) is 0 Å². The monoisotopic (exact) mass is 310 g/mol. The SMILES string of the molecule is O=C1C(=NOCc2ccccc2)CCN1OCc1ccccc1. The number of nitrogens with zero attached hydrogens (tertiary/aromatic N) is 2. The number of hydrogen-bond donors (Lipinski definition) is 0. The van der Waals surface area contributed by atoms with Gasteiger partial charge in [0.05, 0.1) is 6.54 Å². The van der Waals surface area contributed by atoms with E-state index in [4.69, 9.17) is 9.68 Å². The maximum atomic E-state index is 12.2. The van der Waals surface area contributed by atoms with Crippen molar-refractivity contribution < 1.29 is 14.5 Å². The van der Waals surface area contributed by atoms with Crippen LogP contribution in [0.5, 0.6) is 0 Å². The van der Waals surface area contributed by atoms with E-state index >= 15 is 0 Å². The third-order valence-corrected chi connectivity index (χ3v) is 3.50. The second-order valence-corrected chi connectivity index (χ2v) is 5.21. The van der Waals surface area contributed by atoms with Crippen LogP contribution < -0.4 is 0 Å². The van der Waals surface area contributed by atoms with E-state index in [0.717, 1.165) is 11.1 Å². The topological polar surface area (TPSA) is 51.1 Å². The van der Waals surface area contributed by atoms with E-state index in [-0.39, 0.29) is 5.91 Å². The van der Waals surface area contributed by atoms with Gasteiger partial charge in [-0.3, -0.25) is 9.63 Å². The van der Waals surface area contributed by atoms with Crippen molar-refractivity contribution in [2.75, 3.05) is 6.54 Å². The molecule has 23 heavy (non-hydrogen) atoms. The van der Waals surface area contributed by atoms with Gasteiger partial charge < -0.3 is 4.84 Å². The van der Waals surface area contributed by atoms with Gasteiger partial charge in [0.15, 0.2) is 0 Å². The first-order valence-electron chi connectivity index (χ1n) is 7.54. The minimum Gasteiger partial charge on any atom is -0.391 e. The zero-order valence-corrected chi connectivity index (χ0v) is 12.7. The van der Waals surface area contributed by atoms with Gasteiger partial charge in [0.1, 0.15) is 18.9 Å². The Morgan fingerprint density at radius 2 is 1.52 bits per heavy atom. The highest BCUT2D eigenvalue weighted by atomic mass is 16.7. The van der Waals surface area contributed by atoms with E-state index in [1.165, 1.54) is 5.06 Å².